The lowest BCUT2D eigenvalue weighted by Crippen LogP contribution is -2.85. The summed E-state index contributed by atoms with van der Waals surface area (Å²) in [5.41, 5.74) is -2.91. The Bertz CT molecular complexity index is 1190. The van der Waals surface area contributed by atoms with E-state index in [9.17, 15) is 24.6 Å². The number of carbonyl (C=O) groups is 3. The third kappa shape index (κ3) is 2.48. The standard InChI is InChI=1S/C28H32O8/c1-14-17-9-10-18-26-13-35-28(33,22(31)20(26)25(2,3)12-11-19(26)29)27(18,21(14)30)23(17)36-24(32)15-5-7-16(34-4)8-6-15/h5-8,17-18,20,22-23,31,33H,1,9-13H2,2-4H3/t17-,18-,20+,22-,23+,26?,27?,28-/m0/s1. The van der Waals surface area contributed by atoms with Crippen molar-refractivity contribution in [3.05, 3.63) is 42.0 Å². The Morgan fingerprint density at radius 1 is 1.17 bits per heavy atom. The van der Waals surface area contributed by atoms with Crippen molar-refractivity contribution in [1.82, 2.24) is 0 Å². The Labute approximate surface area is 209 Å². The summed E-state index contributed by atoms with van der Waals surface area (Å²) in [6.07, 6.45) is -0.766. The minimum atomic E-state index is -2.31. The summed E-state index contributed by atoms with van der Waals surface area (Å²) < 4.78 is 17.2. The summed E-state index contributed by atoms with van der Waals surface area (Å²) in [5.74, 6) is -4.68. The number of carbonyl (C=O) groups excluding carboxylic acids is 3. The van der Waals surface area contributed by atoms with Crippen molar-refractivity contribution in [3.8, 4) is 5.75 Å². The van der Waals surface area contributed by atoms with Gasteiger partial charge in [-0.25, -0.2) is 4.79 Å². The van der Waals surface area contributed by atoms with Gasteiger partial charge in [-0.1, -0.05) is 20.4 Å². The molecule has 8 atom stereocenters. The molecule has 1 aromatic carbocycles. The lowest BCUT2D eigenvalue weighted by molar-refractivity contribution is -0.436. The molecule has 2 N–H and O–H groups in total. The number of ether oxygens (including phenoxy) is 3. The second-order valence-electron chi connectivity index (χ2n) is 11.9. The van der Waals surface area contributed by atoms with Crippen LogP contribution in [0.4, 0.5) is 0 Å². The SMILES string of the molecule is C=C1C(=O)C23[C@H](OC(=O)c4ccc(OC)cc4)[C@H]1CC[C@H]2C12CO[C@@]3(O)[C@@H](O)[C@@H]1C(C)(C)CCC2=O. The van der Waals surface area contributed by atoms with Crippen LogP contribution in [0.2, 0.25) is 0 Å². The Morgan fingerprint density at radius 2 is 1.86 bits per heavy atom. The number of hydrogen-bond acceptors (Lipinski definition) is 8. The fourth-order valence-corrected chi connectivity index (χ4v) is 8.68. The second kappa shape index (κ2) is 7.27. The summed E-state index contributed by atoms with van der Waals surface area (Å²) in [6.45, 7) is 7.94. The van der Waals surface area contributed by atoms with Crippen LogP contribution in [0.3, 0.4) is 0 Å². The van der Waals surface area contributed by atoms with Crippen LogP contribution >= 0.6 is 0 Å². The summed E-state index contributed by atoms with van der Waals surface area (Å²) in [4.78, 5) is 41.1. The minimum Gasteiger partial charge on any atom is -0.497 e. The highest BCUT2D eigenvalue weighted by Crippen LogP contribution is 2.76. The molecule has 6 fully saturated rings. The molecule has 2 aliphatic heterocycles. The summed E-state index contributed by atoms with van der Waals surface area (Å²) in [5, 5.41) is 23.9. The van der Waals surface area contributed by atoms with Crippen LogP contribution in [0.25, 0.3) is 0 Å². The van der Waals surface area contributed by atoms with E-state index in [0.29, 0.717) is 31.4 Å². The van der Waals surface area contributed by atoms with Gasteiger partial charge in [0.1, 0.15) is 29.2 Å². The van der Waals surface area contributed by atoms with Gasteiger partial charge in [-0.05, 0) is 60.4 Å². The highest BCUT2D eigenvalue weighted by molar-refractivity contribution is 6.06. The van der Waals surface area contributed by atoms with Gasteiger partial charge in [-0.15, -0.1) is 0 Å². The van der Waals surface area contributed by atoms with E-state index in [-0.39, 0.29) is 23.5 Å². The van der Waals surface area contributed by atoms with Gasteiger partial charge in [0.25, 0.3) is 0 Å². The van der Waals surface area contributed by atoms with Crippen LogP contribution in [0.1, 0.15) is 49.9 Å². The van der Waals surface area contributed by atoms with Crippen LogP contribution in [-0.4, -0.2) is 59.5 Å². The monoisotopic (exact) mass is 496 g/mol. The highest BCUT2D eigenvalue weighted by Gasteiger charge is 2.88. The molecule has 36 heavy (non-hydrogen) atoms. The number of methoxy groups -OCH3 is 1. The molecule has 0 radical (unpaired) electrons. The van der Waals surface area contributed by atoms with Crippen molar-refractivity contribution in [2.24, 2.45) is 34.0 Å². The maximum Gasteiger partial charge on any atom is 0.338 e. The van der Waals surface area contributed by atoms with Crippen LogP contribution in [-0.2, 0) is 19.1 Å². The van der Waals surface area contributed by atoms with Gasteiger partial charge < -0.3 is 24.4 Å². The Hall–Kier alpha value is -2.55. The first kappa shape index (κ1) is 23.8. The molecule has 8 nitrogen and oxygen atoms in total. The smallest absolute Gasteiger partial charge is 0.338 e. The molecule has 4 aliphatic carbocycles. The van der Waals surface area contributed by atoms with E-state index in [2.05, 4.69) is 6.58 Å². The molecule has 0 aromatic heterocycles. The predicted octanol–water partition coefficient (Wildman–Crippen LogP) is 2.46. The van der Waals surface area contributed by atoms with Crippen molar-refractivity contribution in [3.63, 3.8) is 0 Å². The highest BCUT2D eigenvalue weighted by atomic mass is 16.6. The molecule has 6 aliphatic rings. The first-order valence-electron chi connectivity index (χ1n) is 12.6. The van der Waals surface area contributed by atoms with Crippen molar-refractivity contribution in [2.75, 3.05) is 13.7 Å². The van der Waals surface area contributed by atoms with E-state index in [4.69, 9.17) is 14.2 Å². The van der Waals surface area contributed by atoms with Crippen molar-refractivity contribution < 1.29 is 38.8 Å². The Morgan fingerprint density at radius 3 is 2.53 bits per heavy atom. The molecule has 1 aromatic rings. The normalized spacial score (nSPS) is 44.1. The topological polar surface area (TPSA) is 119 Å². The zero-order chi connectivity index (χ0) is 25.8. The zero-order valence-electron chi connectivity index (χ0n) is 20.8. The quantitative estimate of drug-likeness (QED) is 0.484. The summed E-state index contributed by atoms with van der Waals surface area (Å²) >= 11 is 0. The zero-order valence-corrected chi connectivity index (χ0v) is 20.8. The van der Waals surface area contributed by atoms with E-state index in [1.165, 1.54) is 7.11 Å². The average molecular weight is 497 g/mol. The maximum absolute atomic E-state index is 14.1. The number of fused-ring (bicyclic) bond motifs is 2. The molecule has 4 saturated carbocycles. The summed E-state index contributed by atoms with van der Waals surface area (Å²) in [7, 11) is 1.52. The van der Waals surface area contributed by atoms with Gasteiger partial charge in [-0.2, -0.15) is 0 Å². The molecular weight excluding hydrogens is 464 g/mol. The van der Waals surface area contributed by atoms with Gasteiger partial charge >= 0.3 is 5.97 Å². The molecule has 2 unspecified atom stereocenters. The van der Waals surface area contributed by atoms with Crippen molar-refractivity contribution >= 4 is 17.5 Å². The van der Waals surface area contributed by atoms with Gasteiger partial charge in [0, 0.05) is 18.3 Å². The average Bonchev–Trinajstić information content (AvgIpc) is 2.97. The number of ketones is 2. The van der Waals surface area contributed by atoms with E-state index < -0.39 is 63.7 Å². The predicted molar refractivity (Wildman–Crippen MR) is 126 cm³/mol. The van der Waals surface area contributed by atoms with Crippen molar-refractivity contribution in [1.29, 1.82) is 0 Å². The van der Waals surface area contributed by atoms with Crippen LogP contribution < -0.4 is 4.74 Å². The third-order valence-electron chi connectivity index (χ3n) is 10.2. The molecule has 7 rings (SSSR count). The molecule has 8 heteroatoms. The molecule has 4 bridgehead atoms. The van der Waals surface area contributed by atoms with E-state index in [1.54, 1.807) is 24.3 Å². The van der Waals surface area contributed by atoms with Crippen molar-refractivity contribution in [2.45, 2.75) is 57.5 Å². The third-order valence-corrected chi connectivity index (χ3v) is 10.2. The fraction of sp³-hybridized carbons (Fsp3) is 0.607. The molecular formula is C28H32O8. The van der Waals surface area contributed by atoms with Gasteiger partial charge in [0.05, 0.1) is 24.7 Å². The molecule has 2 heterocycles. The van der Waals surface area contributed by atoms with E-state index in [0.717, 1.165) is 0 Å². The first-order valence-corrected chi connectivity index (χ1v) is 12.6. The van der Waals surface area contributed by atoms with Crippen LogP contribution in [0, 0.1) is 34.0 Å². The molecule has 2 spiro atoms. The molecule has 0 amide bonds. The molecule has 192 valence electrons. The molecule has 2 saturated heterocycles. The first-order chi connectivity index (χ1) is 17.0. The van der Waals surface area contributed by atoms with Crippen LogP contribution in [0.5, 0.6) is 5.75 Å². The number of Topliss-reactive ketones (excluding diaryl/α,β-unsaturated/α-hetero) is 2. The number of esters is 1. The fourth-order valence-electron chi connectivity index (χ4n) is 8.68. The second-order valence-corrected chi connectivity index (χ2v) is 11.9. The van der Waals surface area contributed by atoms with Gasteiger partial charge in [0.2, 0.25) is 5.79 Å². The number of rotatable bonds is 3. The van der Waals surface area contributed by atoms with E-state index in [1.807, 2.05) is 13.8 Å². The lowest BCUT2D eigenvalue weighted by atomic mass is 9.36. The Balaban J connectivity index is 1.50. The lowest BCUT2D eigenvalue weighted by Gasteiger charge is -2.72. The number of benzene rings is 1. The minimum absolute atomic E-state index is 0.0546. The van der Waals surface area contributed by atoms with Gasteiger partial charge in [-0.3, -0.25) is 9.59 Å². The maximum atomic E-state index is 14.1. The van der Waals surface area contributed by atoms with Crippen LogP contribution in [0.15, 0.2) is 36.4 Å². The number of aliphatic hydroxyl groups excluding tert-OH is 1. The largest absolute Gasteiger partial charge is 0.497 e. The van der Waals surface area contributed by atoms with Gasteiger partial charge in [0.15, 0.2) is 5.78 Å². The summed E-state index contributed by atoms with van der Waals surface area (Å²) in [6, 6.07) is 6.39. The Kier molecular flexibility index (Phi) is 4.81. The number of aliphatic hydroxyl groups is 2. The number of hydrogen-bond donors (Lipinski definition) is 2. The van der Waals surface area contributed by atoms with E-state index >= 15 is 0 Å².